The summed E-state index contributed by atoms with van der Waals surface area (Å²) in [6.07, 6.45) is 2.02. The molecule has 2 fully saturated rings. The van der Waals surface area contributed by atoms with Crippen molar-refractivity contribution in [1.82, 2.24) is 0 Å². The number of hydrogen-bond donors (Lipinski definition) is 1. The van der Waals surface area contributed by atoms with Crippen molar-refractivity contribution in [1.29, 1.82) is 0 Å². The zero-order chi connectivity index (χ0) is 15.4. The van der Waals surface area contributed by atoms with Gasteiger partial charge < -0.3 is 5.32 Å². The summed E-state index contributed by atoms with van der Waals surface area (Å²) in [6, 6.07) is 5.05. The first kappa shape index (κ1) is 14.9. The molecule has 2 bridgehead atoms. The molecule has 0 spiro atoms. The normalized spacial score (nSPS) is 29.7. The quantitative estimate of drug-likeness (QED) is 0.823. The van der Waals surface area contributed by atoms with E-state index in [0.29, 0.717) is 28.6 Å². The molecular weight excluding hydrogens is 309 g/mol. The van der Waals surface area contributed by atoms with Gasteiger partial charge in [0.2, 0.25) is 5.91 Å². The lowest BCUT2D eigenvalue weighted by atomic mass is 9.68. The van der Waals surface area contributed by atoms with Crippen LogP contribution in [0.5, 0.6) is 0 Å². The van der Waals surface area contributed by atoms with Crippen molar-refractivity contribution in [2.75, 3.05) is 5.32 Å². The van der Waals surface area contributed by atoms with Crippen LogP contribution in [0.15, 0.2) is 18.2 Å². The molecule has 21 heavy (non-hydrogen) atoms. The van der Waals surface area contributed by atoms with Gasteiger partial charge >= 0.3 is 0 Å². The van der Waals surface area contributed by atoms with Gasteiger partial charge in [-0.05, 0) is 36.3 Å². The largest absolute Gasteiger partial charge is 0.323 e. The van der Waals surface area contributed by atoms with Crippen molar-refractivity contribution in [3.8, 4) is 0 Å². The van der Waals surface area contributed by atoms with Crippen LogP contribution in [0.1, 0.15) is 33.1 Å². The summed E-state index contributed by atoms with van der Waals surface area (Å²) >= 11 is 12.2. The average molecular weight is 326 g/mol. The standard InChI is InChI=1S/C16H17Cl2NO2/c1-15(2)9-6-7-16(15,12(20)8-9)14(21)19-13-10(17)4-3-5-11(13)18/h3-5,9H,6-8H2,1-2H3,(H,19,21). The van der Waals surface area contributed by atoms with Crippen molar-refractivity contribution in [3.63, 3.8) is 0 Å². The third-order valence-corrected chi connectivity index (χ3v) is 6.12. The molecule has 3 rings (SSSR count). The van der Waals surface area contributed by atoms with Crippen molar-refractivity contribution < 1.29 is 9.59 Å². The summed E-state index contributed by atoms with van der Waals surface area (Å²) in [5.74, 6) is 0.0643. The molecule has 1 aromatic rings. The Morgan fingerprint density at radius 1 is 1.29 bits per heavy atom. The molecule has 0 heterocycles. The molecule has 112 valence electrons. The highest BCUT2D eigenvalue weighted by Crippen LogP contribution is 2.64. The molecule has 2 aliphatic carbocycles. The second-order valence-electron chi connectivity index (χ2n) is 6.54. The molecule has 5 heteroatoms. The summed E-state index contributed by atoms with van der Waals surface area (Å²) < 4.78 is 0. The Labute approximate surface area is 134 Å². The predicted molar refractivity (Wildman–Crippen MR) is 83.7 cm³/mol. The maximum atomic E-state index is 12.9. The number of nitrogens with one attached hydrogen (secondary N) is 1. The first-order chi connectivity index (χ1) is 9.80. The van der Waals surface area contributed by atoms with E-state index in [2.05, 4.69) is 5.32 Å². The Morgan fingerprint density at radius 3 is 2.38 bits per heavy atom. The molecule has 0 aliphatic heterocycles. The van der Waals surface area contributed by atoms with Crippen molar-refractivity contribution in [2.24, 2.45) is 16.7 Å². The molecule has 2 saturated carbocycles. The highest BCUT2D eigenvalue weighted by molar-refractivity contribution is 6.40. The van der Waals surface area contributed by atoms with Gasteiger partial charge in [0.05, 0.1) is 15.7 Å². The molecule has 2 atom stereocenters. The third-order valence-electron chi connectivity index (χ3n) is 5.49. The number of Topliss-reactive ketones (excluding diaryl/α,β-unsaturated/α-hetero) is 1. The molecule has 2 aliphatic rings. The monoisotopic (exact) mass is 325 g/mol. The van der Waals surface area contributed by atoms with Crippen LogP contribution in [0.25, 0.3) is 0 Å². The third kappa shape index (κ3) is 1.87. The zero-order valence-corrected chi connectivity index (χ0v) is 13.5. The lowest BCUT2D eigenvalue weighted by Gasteiger charge is -2.35. The minimum Gasteiger partial charge on any atom is -0.323 e. The summed E-state index contributed by atoms with van der Waals surface area (Å²) in [7, 11) is 0. The first-order valence-corrected chi connectivity index (χ1v) is 7.85. The first-order valence-electron chi connectivity index (χ1n) is 7.09. The highest BCUT2D eigenvalue weighted by Gasteiger charge is 2.68. The number of carbonyl (C=O) groups excluding carboxylic acids is 2. The van der Waals surface area contributed by atoms with E-state index in [1.165, 1.54) is 0 Å². The average Bonchev–Trinajstić information content (AvgIpc) is 2.77. The van der Waals surface area contributed by atoms with Gasteiger partial charge in [0.1, 0.15) is 11.2 Å². The van der Waals surface area contributed by atoms with Gasteiger partial charge in [-0.2, -0.15) is 0 Å². The van der Waals surface area contributed by atoms with Crippen LogP contribution in [0.4, 0.5) is 5.69 Å². The number of anilines is 1. The number of carbonyl (C=O) groups is 2. The van der Waals surface area contributed by atoms with E-state index in [1.54, 1.807) is 18.2 Å². The lowest BCUT2D eigenvalue weighted by molar-refractivity contribution is -0.141. The zero-order valence-electron chi connectivity index (χ0n) is 12.0. The molecule has 0 saturated heterocycles. The Bertz CT molecular complexity index is 621. The molecule has 0 aromatic heterocycles. The van der Waals surface area contributed by atoms with E-state index in [4.69, 9.17) is 23.2 Å². The molecule has 1 amide bonds. The Kier molecular flexibility index (Phi) is 3.34. The predicted octanol–water partition coefficient (Wildman–Crippen LogP) is 4.33. The number of rotatable bonds is 2. The molecule has 2 unspecified atom stereocenters. The number of fused-ring (bicyclic) bond motifs is 2. The van der Waals surface area contributed by atoms with Crippen LogP contribution in [0, 0.1) is 16.7 Å². The number of hydrogen-bond acceptors (Lipinski definition) is 2. The fourth-order valence-electron chi connectivity index (χ4n) is 4.05. The summed E-state index contributed by atoms with van der Waals surface area (Å²) in [5, 5.41) is 3.56. The van der Waals surface area contributed by atoms with Crippen molar-refractivity contribution >= 4 is 40.6 Å². The number of halogens is 2. The van der Waals surface area contributed by atoms with Crippen LogP contribution in [-0.2, 0) is 9.59 Å². The maximum absolute atomic E-state index is 12.9. The number of ketones is 1. The van der Waals surface area contributed by atoms with E-state index in [-0.39, 0.29) is 23.0 Å². The second kappa shape index (κ2) is 4.72. The van der Waals surface area contributed by atoms with Crippen LogP contribution in [0.3, 0.4) is 0 Å². The lowest BCUT2D eigenvalue weighted by Crippen LogP contribution is -2.46. The Hall–Kier alpha value is -1.06. The number of amides is 1. The van der Waals surface area contributed by atoms with E-state index < -0.39 is 5.41 Å². The SMILES string of the molecule is CC1(C)C2CCC1(C(=O)Nc1c(Cl)cccc1Cl)C(=O)C2. The van der Waals surface area contributed by atoms with E-state index in [1.807, 2.05) is 13.8 Å². The fourth-order valence-corrected chi connectivity index (χ4v) is 4.54. The van der Waals surface area contributed by atoms with Crippen LogP contribution >= 0.6 is 23.2 Å². The number of para-hydroxylation sites is 1. The minimum atomic E-state index is -0.944. The van der Waals surface area contributed by atoms with Crippen LogP contribution < -0.4 is 5.32 Å². The van der Waals surface area contributed by atoms with Gasteiger partial charge in [0.25, 0.3) is 0 Å². The number of benzene rings is 1. The highest BCUT2D eigenvalue weighted by atomic mass is 35.5. The van der Waals surface area contributed by atoms with Gasteiger partial charge in [-0.1, -0.05) is 43.1 Å². The topological polar surface area (TPSA) is 46.2 Å². The molecule has 3 nitrogen and oxygen atoms in total. The summed E-state index contributed by atoms with van der Waals surface area (Å²) in [6.45, 7) is 4.03. The second-order valence-corrected chi connectivity index (χ2v) is 7.36. The van der Waals surface area contributed by atoms with Crippen LogP contribution in [0.2, 0.25) is 10.0 Å². The van der Waals surface area contributed by atoms with Gasteiger partial charge in [-0.15, -0.1) is 0 Å². The maximum Gasteiger partial charge on any atom is 0.238 e. The molecular formula is C16H17Cl2NO2. The van der Waals surface area contributed by atoms with Crippen molar-refractivity contribution in [2.45, 2.75) is 33.1 Å². The molecule has 1 N–H and O–H groups in total. The smallest absolute Gasteiger partial charge is 0.238 e. The minimum absolute atomic E-state index is 0.0458. The fraction of sp³-hybridized carbons (Fsp3) is 0.500. The molecule has 0 radical (unpaired) electrons. The van der Waals surface area contributed by atoms with Gasteiger partial charge in [0, 0.05) is 6.42 Å². The van der Waals surface area contributed by atoms with Gasteiger partial charge in [0.15, 0.2) is 0 Å². The summed E-state index contributed by atoms with van der Waals surface area (Å²) in [4.78, 5) is 25.3. The van der Waals surface area contributed by atoms with Gasteiger partial charge in [-0.3, -0.25) is 9.59 Å². The van der Waals surface area contributed by atoms with E-state index in [0.717, 1.165) is 6.42 Å². The summed E-state index contributed by atoms with van der Waals surface area (Å²) in [5.41, 5.74) is -0.874. The van der Waals surface area contributed by atoms with E-state index in [9.17, 15) is 9.59 Å². The van der Waals surface area contributed by atoms with Crippen molar-refractivity contribution in [3.05, 3.63) is 28.2 Å². The molecule has 1 aromatic carbocycles. The van der Waals surface area contributed by atoms with E-state index >= 15 is 0 Å². The Balaban J connectivity index is 1.98. The van der Waals surface area contributed by atoms with Gasteiger partial charge in [-0.25, -0.2) is 0 Å². The Morgan fingerprint density at radius 2 is 1.90 bits per heavy atom. The van der Waals surface area contributed by atoms with Crippen LogP contribution in [-0.4, -0.2) is 11.7 Å².